The highest BCUT2D eigenvalue weighted by molar-refractivity contribution is 5.94. The SMILES string of the molecule is N=C(N)c1ccc(CC(=O)O)cc1. The lowest BCUT2D eigenvalue weighted by Gasteiger charge is -1.99. The zero-order valence-electron chi connectivity index (χ0n) is 6.95. The van der Waals surface area contributed by atoms with Crippen molar-refractivity contribution in [2.24, 2.45) is 5.73 Å². The van der Waals surface area contributed by atoms with Crippen LogP contribution in [0.2, 0.25) is 0 Å². The molecular weight excluding hydrogens is 168 g/mol. The first-order valence-electron chi connectivity index (χ1n) is 3.74. The van der Waals surface area contributed by atoms with E-state index in [1.54, 1.807) is 24.3 Å². The molecule has 0 aromatic heterocycles. The number of benzene rings is 1. The number of nitrogens with two attached hydrogens (primary N) is 1. The summed E-state index contributed by atoms with van der Waals surface area (Å²) in [6.45, 7) is 0. The number of nitrogen functional groups attached to an aromatic ring is 1. The van der Waals surface area contributed by atoms with E-state index in [0.717, 1.165) is 0 Å². The number of aliphatic carboxylic acids is 1. The summed E-state index contributed by atoms with van der Waals surface area (Å²) in [4.78, 5) is 10.3. The van der Waals surface area contributed by atoms with Gasteiger partial charge in [-0.05, 0) is 5.56 Å². The minimum Gasteiger partial charge on any atom is -0.481 e. The number of nitrogens with one attached hydrogen (secondary N) is 1. The molecule has 0 aliphatic heterocycles. The minimum atomic E-state index is -0.865. The Labute approximate surface area is 75.5 Å². The standard InChI is InChI=1S/C9H10N2O2/c10-9(11)7-3-1-6(2-4-7)5-8(12)13/h1-4H,5H2,(H3,10,11)(H,12,13). The summed E-state index contributed by atoms with van der Waals surface area (Å²) in [5.41, 5.74) is 6.54. The fourth-order valence-corrected chi connectivity index (χ4v) is 0.977. The molecule has 0 amide bonds. The lowest BCUT2D eigenvalue weighted by atomic mass is 10.1. The number of carbonyl (C=O) groups is 1. The molecule has 0 aliphatic rings. The number of hydrogen-bond acceptors (Lipinski definition) is 2. The maximum Gasteiger partial charge on any atom is 0.307 e. The molecule has 0 radical (unpaired) electrons. The van der Waals surface area contributed by atoms with Crippen molar-refractivity contribution in [2.45, 2.75) is 6.42 Å². The summed E-state index contributed by atoms with van der Waals surface area (Å²) in [7, 11) is 0. The van der Waals surface area contributed by atoms with E-state index in [9.17, 15) is 4.79 Å². The van der Waals surface area contributed by atoms with E-state index in [0.29, 0.717) is 11.1 Å². The second kappa shape index (κ2) is 3.71. The van der Waals surface area contributed by atoms with Gasteiger partial charge in [0.2, 0.25) is 0 Å². The second-order valence-corrected chi connectivity index (χ2v) is 2.68. The fourth-order valence-electron chi connectivity index (χ4n) is 0.977. The predicted molar refractivity (Wildman–Crippen MR) is 48.8 cm³/mol. The van der Waals surface area contributed by atoms with Crippen molar-refractivity contribution in [1.82, 2.24) is 0 Å². The lowest BCUT2D eigenvalue weighted by molar-refractivity contribution is -0.136. The first-order valence-corrected chi connectivity index (χ1v) is 3.74. The molecule has 13 heavy (non-hydrogen) atoms. The average Bonchev–Trinajstić information content (AvgIpc) is 2.04. The molecule has 0 bridgehead atoms. The molecule has 0 atom stereocenters. The van der Waals surface area contributed by atoms with Gasteiger partial charge in [0.15, 0.2) is 0 Å². The van der Waals surface area contributed by atoms with Gasteiger partial charge in [-0.3, -0.25) is 10.2 Å². The van der Waals surface area contributed by atoms with Crippen LogP contribution in [0.4, 0.5) is 0 Å². The third kappa shape index (κ3) is 2.59. The van der Waals surface area contributed by atoms with E-state index < -0.39 is 5.97 Å². The average molecular weight is 178 g/mol. The van der Waals surface area contributed by atoms with Crippen LogP contribution in [0, 0.1) is 5.41 Å². The van der Waals surface area contributed by atoms with E-state index >= 15 is 0 Å². The predicted octanol–water partition coefficient (Wildman–Crippen LogP) is 0.598. The van der Waals surface area contributed by atoms with Crippen LogP contribution >= 0.6 is 0 Å². The van der Waals surface area contributed by atoms with Gasteiger partial charge in [-0.1, -0.05) is 24.3 Å². The number of amidine groups is 1. The number of carboxylic acids is 1. The van der Waals surface area contributed by atoms with Gasteiger partial charge in [0.25, 0.3) is 0 Å². The smallest absolute Gasteiger partial charge is 0.307 e. The lowest BCUT2D eigenvalue weighted by Crippen LogP contribution is -2.11. The highest BCUT2D eigenvalue weighted by Gasteiger charge is 2.00. The molecule has 0 aliphatic carbocycles. The van der Waals surface area contributed by atoms with Gasteiger partial charge in [0.05, 0.1) is 6.42 Å². The Kier molecular flexibility index (Phi) is 2.64. The Morgan fingerprint density at radius 2 is 1.92 bits per heavy atom. The summed E-state index contributed by atoms with van der Waals surface area (Å²) >= 11 is 0. The quantitative estimate of drug-likeness (QED) is 0.467. The maximum absolute atomic E-state index is 10.3. The van der Waals surface area contributed by atoms with Gasteiger partial charge in [0, 0.05) is 5.56 Å². The molecular formula is C9H10N2O2. The third-order valence-electron chi connectivity index (χ3n) is 1.62. The summed E-state index contributed by atoms with van der Waals surface area (Å²) in [6.07, 6.45) is -0.00180. The van der Waals surface area contributed by atoms with Crippen molar-refractivity contribution >= 4 is 11.8 Å². The Bertz CT molecular complexity index is 330. The summed E-state index contributed by atoms with van der Waals surface area (Å²) in [5, 5.41) is 15.6. The third-order valence-corrected chi connectivity index (χ3v) is 1.62. The van der Waals surface area contributed by atoms with E-state index in [1.165, 1.54) is 0 Å². The molecule has 0 fully saturated rings. The monoisotopic (exact) mass is 178 g/mol. The Hall–Kier alpha value is -1.84. The van der Waals surface area contributed by atoms with Gasteiger partial charge in [-0.25, -0.2) is 0 Å². The van der Waals surface area contributed by atoms with Crippen molar-refractivity contribution < 1.29 is 9.90 Å². The molecule has 1 aromatic rings. The number of hydrogen-bond donors (Lipinski definition) is 3. The Balaban J connectivity index is 2.81. The topological polar surface area (TPSA) is 87.2 Å². The molecule has 1 aromatic carbocycles. The van der Waals surface area contributed by atoms with Crippen LogP contribution in [0.25, 0.3) is 0 Å². The first kappa shape index (κ1) is 9.25. The number of rotatable bonds is 3. The molecule has 1 rings (SSSR count). The normalized spacial score (nSPS) is 9.54. The summed E-state index contributed by atoms with van der Waals surface area (Å²) < 4.78 is 0. The van der Waals surface area contributed by atoms with Crippen molar-refractivity contribution in [3.05, 3.63) is 35.4 Å². The summed E-state index contributed by atoms with van der Waals surface area (Å²) in [5.74, 6) is -0.877. The van der Waals surface area contributed by atoms with Gasteiger partial charge < -0.3 is 10.8 Å². The van der Waals surface area contributed by atoms with Gasteiger partial charge in [-0.15, -0.1) is 0 Å². The molecule has 0 heterocycles. The van der Waals surface area contributed by atoms with Crippen LogP contribution in [0.1, 0.15) is 11.1 Å². The van der Waals surface area contributed by atoms with Gasteiger partial charge >= 0.3 is 5.97 Å². The van der Waals surface area contributed by atoms with Crippen molar-refractivity contribution in [3.8, 4) is 0 Å². The van der Waals surface area contributed by atoms with Crippen LogP contribution < -0.4 is 5.73 Å². The maximum atomic E-state index is 10.3. The molecule has 0 unspecified atom stereocenters. The Morgan fingerprint density at radius 3 is 2.31 bits per heavy atom. The van der Waals surface area contributed by atoms with Crippen LogP contribution in [0.3, 0.4) is 0 Å². The Morgan fingerprint density at radius 1 is 1.38 bits per heavy atom. The van der Waals surface area contributed by atoms with E-state index in [4.69, 9.17) is 16.2 Å². The van der Waals surface area contributed by atoms with Gasteiger partial charge in [-0.2, -0.15) is 0 Å². The van der Waals surface area contributed by atoms with Crippen LogP contribution in [-0.4, -0.2) is 16.9 Å². The zero-order valence-corrected chi connectivity index (χ0v) is 6.95. The van der Waals surface area contributed by atoms with E-state index in [-0.39, 0.29) is 12.3 Å². The molecule has 0 saturated heterocycles. The van der Waals surface area contributed by atoms with Crippen molar-refractivity contribution in [1.29, 1.82) is 5.41 Å². The molecule has 0 saturated carbocycles. The van der Waals surface area contributed by atoms with Gasteiger partial charge in [0.1, 0.15) is 5.84 Å². The molecule has 68 valence electrons. The fraction of sp³-hybridized carbons (Fsp3) is 0.111. The number of carboxylic acid groups (broad SMARTS) is 1. The van der Waals surface area contributed by atoms with Crippen LogP contribution in [-0.2, 0) is 11.2 Å². The zero-order chi connectivity index (χ0) is 9.84. The van der Waals surface area contributed by atoms with Crippen molar-refractivity contribution in [3.63, 3.8) is 0 Å². The summed E-state index contributed by atoms with van der Waals surface area (Å²) in [6, 6.07) is 6.59. The van der Waals surface area contributed by atoms with E-state index in [2.05, 4.69) is 0 Å². The van der Waals surface area contributed by atoms with E-state index in [1.807, 2.05) is 0 Å². The first-order chi connectivity index (χ1) is 6.09. The molecule has 0 spiro atoms. The highest BCUT2D eigenvalue weighted by atomic mass is 16.4. The second-order valence-electron chi connectivity index (χ2n) is 2.68. The minimum absolute atomic E-state index is 0.00180. The molecule has 4 heteroatoms. The highest BCUT2D eigenvalue weighted by Crippen LogP contribution is 2.04. The van der Waals surface area contributed by atoms with Crippen LogP contribution in [0.5, 0.6) is 0 Å². The largest absolute Gasteiger partial charge is 0.481 e. The van der Waals surface area contributed by atoms with Crippen LogP contribution in [0.15, 0.2) is 24.3 Å². The molecule has 4 N–H and O–H groups in total. The molecule has 4 nitrogen and oxygen atoms in total. The van der Waals surface area contributed by atoms with Crippen molar-refractivity contribution in [2.75, 3.05) is 0 Å².